The van der Waals surface area contributed by atoms with Crippen LogP contribution in [0.25, 0.3) is 60.9 Å². The molecule has 7 nitrogen and oxygen atoms in total. The molecule has 2 aliphatic rings. The first-order valence-electron chi connectivity index (χ1n) is 13.7. The molecule has 0 radical (unpaired) electrons. The fourth-order valence-corrected chi connectivity index (χ4v) is 6.37. The van der Waals surface area contributed by atoms with E-state index in [1.54, 1.807) is 0 Å². The van der Waals surface area contributed by atoms with Crippen LogP contribution in [-0.2, 0) is 0 Å². The molecule has 6 heterocycles. The van der Waals surface area contributed by atoms with Crippen LogP contribution in [0.2, 0.25) is 0 Å². The summed E-state index contributed by atoms with van der Waals surface area (Å²) in [5.74, 6) is 2.29. The number of aromatic nitrogens is 6. The number of nitrogens with zero attached hydrogens (tertiary/aromatic N) is 7. The fourth-order valence-electron chi connectivity index (χ4n) is 6.37. The Hall–Kier alpha value is -5.17. The van der Waals surface area contributed by atoms with Crippen LogP contribution in [0.4, 0.5) is 0 Å². The zero-order valence-electron chi connectivity index (χ0n) is 21.6. The molecule has 0 spiro atoms. The summed E-state index contributed by atoms with van der Waals surface area (Å²) in [5, 5.41) is 3.28. The van der Waals surface area contributed by atoms with Gasteiger partial charge in [-0.2, -0.15) is 0 Å². The maximum Gasteiger partial charge on any atom is 0.168 e. The summed E-state index contributed by atoms with van der Waals surface area (Å²) in [6.45, 7) is 0. The van der Waals surface area contributed by atoms with Gasteiger partial charge in [0.2, 0.25) is 0 Å². The van der Waals surface area contributed by atoms with Gasteiger partial charge in [-0.15, -0.1) is 0 Å². The number of allylic oxidation sites excluding steroid dienone is 3. The van der Waals surface area contributed by atoms with Crippen molar-refractivity contribution in [3.05, 3.63) is 103 Å². The van der Waals surface area contributed by atoms with Crippen molar-refractivity contribution in [3.8, 4) is 5.82 Å². The van der Waals surface area contributed by atoms with Gasteiger partial charge in [-0.25, -0.2) is 19.9 Å². The number of fused-ring (bicyclic) bond motifs is 8. The highest BCUT2D eigenvalue weighted by Gasteiger charge is 2.26. The van der Waals surface area contributed by atoms with Crippen LogP contribution in [0.3, 0.4) is 0 Å². The van der Waals surface area contributed by atoms with E-state index in [0.29, 0.717) is 5.92 Å². The summed E-state index contributed by atoms with van der Waals surface area (Å²) in [6, 6.07) is 22.8. The lowest BCUT2D eigenvalue weighted by Gasteiger charge is -2.25. The Labute approximate surface area is 228 Å². The lowest BCUT2D eigenvalue weighted by atomic mass is 9.85. The molecule has 1 aliphatic carbocycles. The molecule has 0 N–H and O–H groups in total. The zero-order chi connectivity index (χ0) is 26.2. The van der Waals surface area contributed by atoms with Crippen LogP contribution < -0.4 is 0 Å². The third-order valence-corrected chi connectivity index (χ3v) is 8.29. The summed E-state index contributed by atoms with van der Waals surface area (Å²) >= 11 is 0. The molecule has 0 saturated carbocycles. The summed E-state index contributed by atoms with van der Waals surface area (Å²) < 4.78 is 4.30. The minimum Gasteiger partial charge on any atom is -0.280 e. The van der Waals surface area contributed by atoms with Gasteiger partial charge in [0.05, 0.1) is 11.0 Å². The topological polar surface area (TPSA) is 73.8 Å². The lowest BCUT2D eigenvalue weighted by Crippen LogP contribution is -2.22. The summed E-state index contributed by atoms with van der Waals surface area (Å²) in [4.78, 5) is 25.2. The van der Waals surface area contributed by atoms with Crippen molar-refractivity contribution >= 4 is 60.9 Å². The summed E-state index contributed by atoms with van der Waals surface area (Å²) in [6.07, 6.45) is 13.4. The Morgan fingerprint density at radius 1 is 0.750 bits per heavy atom. The van der Waals surface area contributed by atoms with Crippen molar-refractivity contribution in [1.82, 2.24) is 29.1 Å². The highest BCUT2D eigenvalue weighted by molar-refractivity contribution is 6.15. The molecule has 5 aromatic heterocycles. The number of hydrogen-bond acceptors (Lipinski definition) is 5. The maximum absolute atomic E-state index is 5.31. The SMILES string of the molecule is C1=CC2=CN=C(n3c4ccccc4c4nc5c(nc43)c3ncccc3n5-c3cc4ccccc4cn3)CC2CC1. The average molecular weight is 518 g/mol. The first-order valence-corrected chi connectivity index (χ1v) is 13.7. The Kier molecular flexibility index (Phi) is 4.44. The first kappa shape index (κ1) is 21.7. The van der Waals surface area contributed by atoms with Gasteiger partial charge in [0.25, 0.3) is 0 Å². The van der Waals surface area contributed by atoms with E-state index >= 15 is 0 Å². The standard InChI is InChI=1S/C33H23N7/c1-3-10-22-18-35-27(16-20(22)8-1)39-25-13-6-5-12-24(25)29-32(39)38-31-30-26(14-7-15-34-30)40(33(31)37-29)28-17-21-9-2-4-11-23(21)19-36-28/h2-7,9-15,17-20H,1,8,16H2. The van der Waals surface area contributed by atoms with E-state index in [9.17, 15) is 0 Å². The fraction of sp³-hybridized carbons (Fsp3) is 0.121. The van der Waals surface area contributed by atoms with Crippen LogP contribution in [0.1, 0.15) is 19.3 Å². The number of rotatable bonds is 1. The molecule has 0 bridgehead atoms. The van der Waals surface area contributed by atoms with E-state index in [2.05, 4.69) is 69.8 Å². The Morgan fingerprint density at radius 3 is 2.55 bits per heavy atom. The highest BCUT2D eigenvalue weighted by Crippen LogP contribution is 2.36. The summed E-state index contributed by atoms with van der Waals surface area (Å²) in [5.41, 5.74) is 7.30. The van der Waals surface area contributed by atoms with Crippen molar-refractivity contribution in [3.63, 3.8) is 0 Å². The monoisotopic (exact) mass is 517 g/mol. The molecule has 1 atom stereocenters. The summed E-state index contributed by atoms with van der Waals surface area (Å²) in [7, 11) is 0. The van der Waals surface area contributed by atoms with Crippen molar-refractivity contribution < 1.29 is 0 Å². The molecule has 0 amide bonds. The van der Waals surface area contributed by atoms with Gasteiger partial charge >= 0.3 is 0 Å². The zero-order valence-corrected chi connectivity index (χ0v) is 21.6. The molecule has 190 valence electrons. The first-order chi connectivity index (χ1) is 19.8. The van der Waals surface area contributed by atoms with E-state index in [-0.39, 0.29) is 0 Å². The molecule has 2 aromatic carbocycles. The lowest BCUT2D eigenvalue weighted by molar-refractivity contribution is 0.571. The molecule has 9 rings (SSSR count). The molecule has 0 fully saturated rings. The van der Waals surface area contributed by atoms with E-state index in [0.717, 1.165) is 86.0 Å². The van der Waals surface area contributed by atoms with Crippen LogP contribution >= 0.6 is 0 Å². The van der Waals surface area contributed by atoms with Gasteiger partial charge in [-0.3, -0.25) is 14.1 Å². The quantitative estimate of drug-likeness (QED) is 0.232. The minimum absolute atomic E-state index is 0.480. The van der Waals surface area contributed by atoms with Gasteiger partial charge in [-0.05, 0) is 54.0 Å². The van der Waals surface area contributed by atoms with Crippen LogP contribution in [-0.4, -0.2) is 34.9 Å². The molecule has 40 heavy (non-hydrogen) atoms. The van der Waals surface area contributed by atoms with Crippen molar-refractivity contribution in [1.29, 1.82) is 0 Å². The second-order valence-electron chi connectivity index (χ2n) is 10.6. The van der Waals surface area contributed by atoms with Crippen molar-refractivity contribution in [2.24, 2.45) is 10.9 Å². The number of hydrogen-bond donors (Lipinski definition) is 0. The third-order valence-electron chi connectivity index (χ3n) is 8.29. The minimum atomic E-state index is 0.480. The van der Waals surface area contributed by atoms with Crippen LogP contribution in [0.5, 0.6) is 0 Å². The van der Waals surface area contributed by atoms with Crippen LogP contribution in [0, 0.1) is 5.92 Å². The number of aliphatic imine (C=N–C) groups is 1. The van der Waals surface area contributed by atoms with Crippen molar-refractivity contribution in [2.45, 2.75) is 19.3 Å². The van der Waals surface area contributed by atoms with Crippen molar-refractivity contribution in [2.75, 3.05) is 0 Å². The smallest absolute Gasteiger partial charge is 0.168 e. The molecular formula is C33H23N7. The predicted octanol–water partition coefficient (Wildman–Crippen LogP) is 7.13. The van der Waals surface area contributed by atoms with E-state index in [1.807, 2.05) is 36.8 Å². The van der Waals surface area contributed by atoms with Gasteiger partial charge in [-0.1, -0.05) is 54.6 Å². The number of pyridine rings is 2. The largest absolute Gasteiger partial charge is 0.280 e. The van der Waals surface area contributed by atoms with E-state index < -0.39 is 0 Å². The molecule has 1 aliphatic heterocycles. The average Bonchev–Trinajstić information content (AvgIpc) is 3.51. The van der Waals surface area contributed by atoms with Gasteiger partial charge < -0.3 is 0 Å². The normalized spacial score (nSPS) is 17.1. The second-order valence-corrected chi connectivity index (χ2v) is 10.6. The Balaban J connectivity index is 1.37. The molecule has 7 aromatic rings. The number of para-hydroxylation sites is 1. The molecule has 1 unspecified atom stereocenters. The maximum atomic E-state index is 5.31. The molecular weight excluding hydrogens is 494 g/mol. The Bertz CT molecular complexity index is 2260. The van der Waals surface area contributed by atoms with E-state index in [4.69, 9.17) is 24.9 Å². The van der Waals surface area contributed by atoms with E-state index in [1.165, 1.54) is 5.57 Å². The highest BCUT2D eigenvalue weighted by atomic mass is 15.2. The third kappa shape index (κ3) is 3.03. The van der Waals surface area contributed by atoms with Gasteiger partial charge in [0.1, 0.15) is 28.2 Å². The predicted molar refractivity (Wildman–Crippen MR) is 160 cm³/mol. The number of benzene rings is 2. The molecule has 0 saturated heterocycles. The van der Waals surface area contributed by atoms with Gasteiger partial charge in [0, 0.05) is 35.8 Å². The molecule has 7 heteroatoms. The van der Waals surface area contributed by atoms with Gasteiger partial charge in [0.15, 0.2) is 11.3 Å². The van der Waals surface area contributed by atoms with Crippen LogP contribution in [0.15, 0.2) is 108 Å². The Morgan fingerprint density at radius 2 is 1.57 bits per heavy atom. The second kappa shape index (κ2) is 8.16.